The van der Waals surface area contributed by atoms with Gasteiger partial charge in [-0.05, 0) is 17.5 Å². The standard InChI is InChI=1S/C14H13BrN2O4/c15-10-5-6-11(9-4-2-1-3-8(9)10)16-14(21)17-12(7-18)13(19)20/h1-6,12,18H,7H2,(H,19,20)(H2,16,17,21). The number of carboxylic acids is 1. The summed E-state index contributed by atoms with van der Waals surface area (Å²) in [6, 6.07) is 8.93. The molecule has 1 atom stereocenters. The first kappa shape index (κ1) is 15.3. The minimum Gasteiger partial charge on any atom is -0.480 e. The molecule has 0 radical (unpaired) electrons. The summed E-state index contributed by atoms with van der Waals surface area (Å²) in [7, 11) is 0. The Balaban J connectivity index is 2.22. The molecule has 7 heteroatoms. The monoisotopic (exact) mass is 352 g/mol. The Kier molecular flexibility index (Phi) is 4.77. The Morgan fingerprint density at radius 1 is 1.14 bits per heavy atom. The molecule has 4 N–H and O–H groups in total. The topological polar surface area (TPSA) is 98.7 Å². The van der Waals surface area contributed by atoms with E-state index in [0.29, 0.717) is 5.69 Å². The van der Waals surface area contributed by atoms with Gasteiger partial charge in [-0.25, -0.2) is 9.59 Å². The molecule has 0 saturated heterocycles. The Morgan fingerprint density at radius 2 is 1.81 bits per heavy atom. The summed E-state index contributed by atoms with van der Waals surface area (Å²) in [5.41, 5.74) is 0.549. The fourth-order valence-corrected chi connectivity index (χ4v) is 2.35. The second-order valence-electron chi connectivity index (χ2n) is 4.31. The van der Waals surface area contributed by atoms with Gasteiger partial charge in [0.25, 0.3) is 0 Å². The highest BCUT2D eigenvalue weighted by molar-refractivity contribution is 9.10. The van der Waals surface area contributed by atoms with Gasteiger partial charge in [-0.15, -0.1) is 0 Å². The number of aliphatic carboxylic acids is 1. The van der Waals surface area contributed by atoms with Crippen molar-refractivity contribution in [3.63, 3.8) is 0 Å². The predicted molar refractivity (Wildman–Crippen MR) is 82.3 cm³/mol. The number of amides is 2. The SMILES string of the molecule is O=C(Nc1ccc(Br)c2ccccc12)NC(CO)C(=O)O. The molecule has 21 heavy (non-hydrogen) atoms. The summed E-state index contributed by atoms with van der Waals surface area (Å²) in [5.74, 6) is -1.30. The number of carbonyl (C=O) groups excluding carboxylic acids is 1. The zero-order chi connectivity index (χ0) is 15.4. The Bertz CT molecular complexity index is 690. The van der Waals surface area contributed by atoms with Gasteiger partial charge >= 0.3 is 12.0 Å². The number of fused-ring (bicyclic) bond motifs is 1. The number of rotatable bonds is 4. The third kappa shape index (κ3) is 3.50. The maximum atomic E-state index is 11.8. The molecule has 2 aromatic carbocycles. The van der Waals surface area contributed by atoms with Gasteiger partial charge in [-0.2, -0.15) is 0 Å². The number of urea groups is 1. The largest absolute Gasteiger partial charge is 0.480 e. The van der Waals surface area contributed by atoms with E-state index in [1.807, 2.05) is 24.3 Å². The lowest BCUT2D eigenvalue weighted by Gasteiger charge is -2.14. The molecule has 0 aliphatic carbocycles. The average molecular weight is 353 g/mol. The fraction of sp³-hybridized carbons (Fsp3) is 0.143. The zero-order valence-corrected chi connectivity index (χ0v) is 12.4. The molecule has 6 nitrogen and oxygen atoms in total. The first-order valence-corrected chi connectivity index (χ1v) is 6.90. The molecule has 0 bridgehead atoms. The second-order valence-corrected chi connectivity index (χ2v) is 5.17. The molecule has 0 heterocycles. The van der Waals surface area contributed by atoms with Crippen LogP contribution in [-0.4, -0.2) is 34.9 Å². The molecule has 2 aromatic rings. The Hall–Kier alpha value is -2.12. The number of benzene rings is 2. The van der Waals surface area contributed by atoms with Crippen molar-refractivity contribution in [2.45, 2.75) is 6.04 Å². The van der Waals surface area contributed by atoms with Crippen LogP contribution < -0.4 is 10.6 Å². The van der Waals surface area contributed by atoms with Gasteiger partial charge in [-0.3, -0.25) is 0 Å². The van der Waals surface area contributed by atoms with Crippen molar-refractivity contribution in [3.8, 4) is 0 Å². The number of carboxylic acid groups (broad SMARTS) is 1. The van der Waals surface area contributed by atoms with Crippen LogP contribution in [0.2, 0.25) is 0 Å². The van der Waals surface area contributed by atoms with Gasteiger partial charge in [0, 0.05) is 9.86 Å². The third-order valence-electron chi connectivity index (χ3n) is 2.91. The van der Waals surface area contributed by atoms with Gasteiger partial charge in [0.15, 0.2) is 6.04 Å². The molecular weight excluding hydrogens is 340 g/mol. The average Bonchev–Trinajstić information content (AvgIpc) is 2.47. The molecule has 110 valence electrons. The van der Waals surface area contributed by atoms with Crippen LogP contribution in [0.3, 0.4) is 0 Å². The van der Waals surface area contributed by atoms with E-state index in [-0.39, 0.29) is 0 Å². The van der Waals surface area contributed by atoms with Crippen molar-refractivity contribution in [1.82, 2.24) is 5.32 Å². The van der Waals surface area contributed by atoms with E-state index in [2.05, 4.69) is 26.6 Å². The number of hydrogen-bond acceptors (Lipinski definition) is 3. The number of carbonyl (C=O) groups is 2. The van der Waals surface area contributed by atoms with Crippen molar-refractivity contribution >= 4 is 44.4 Å². The van der Waals surface area contributed by atoms with Gasteiger partial charge in [0.1, 0.15) is 0 Å². The third-order valence-corrected chi connectivity index (χ3v) is 3.60. The van der Waals surface area contributed by atoms with Crippen molar-refractivity contribution in [2.75, 3.05) is 11.9 Å². The summed E-state index contributed by atoms with van der Waals surface area (Å²) in [6.07, 6.45) is 0. The first-order valence-electron chi connectivity index (χ1n) is 6.11. The molecule has 0 fully saturated rings. The number of halogens is 1. The number of aliphatic hydroxyl groups excluding tert-OH is 1. The van der Waals surface area contributed by atoms with E-state index < -0.39 is 24.6 Å². The molecule has 0 spiro atoms. The van der Waals surface area contributed by atoms with E-state index in [0.717, 1.165) is 15.2 Å². The highest BCUT2D eigenvalue weighted by Crippen LogP contribution is 2.29. The van der Waals surface area contributed by atoms with Gasteiger partial charge in [0.2, 0.25) is 0 Å². The fourth-order valence-electron chi connectivity index (χ4n) is 1.87. The zero-order valence-electron chi connectivity index (χ0n) is 10.8. The molecule has 0 aliphatic rings. The van der Waals surface area contributed by atoms with Crippen molar-refractivity contribution < 1.29 is 19.8 Å². The molecular formula is C14H13BrN2O4. The predicted octanol–water partition coefficient (Wildman–Crippen LogP) is 2.17. The lowest BCUT2D eigenvalue weighted by atomic mass is 10.1. The first-order chi connectivity index (χ1) is 10.0. The smallest absolute Gasteiger partial charge is 0.328 e. The maximum absolute atomic E-state index is 11.8. The molecule has 0 aromatic heterocycles. The normalized spacial score (nSPS) is 11.9. The van der Waals surface area contributed by atoms with Crippen LogP contribution in [0.15, 0.2) is 40.9 Å². The van der Waals surface area contributed by atoms with E-state index >= 15 is 0 Å². The molecule has 2 rings (SSSR count). The van der Waals surface area contributed by atoms with Crippen LogP contribution in [0.25, 0.3) is 10.8 Å². The summed E-state index contributed by atoms with van der Waals surface area (Å²) < 4.78 is 0.892. The number of hydrogen-bond donors (Lipinski definition) is 4. The minimum absolute atomic E-state index is 0.549. The molecule has 2 amide bonds. The van der Waals surface area contributed by atoms with Gasteiger partial charge in [0.05, 0.1) is 12.3 Å². The van der Waals surface area contributed by atoms with E-state index in [1.54, 1.807) is 12.1 Å². The number of anilines is 1. The summed E-state index contributed by atoms with van der Waals surface area (Å²) >= 11 is 3.43. The van der Waals surface area contributed by atoms with E-state index in [9.17, 15) is 9.59 Å². The highest BCUT2D eigenvalue weighted by Gasteiger charge is 2.19. The van der Waals surface area contributed by atoms with Gasteiger partial charge in [-0.1, -0.05) is 40.2 Å². The van der Waals surface area contributed by atoms with Crippen molar-refractivity contribution in [2.24, 2.45) is 0 Å². The van der Waals surface area contributed by atoms with E-state index in [1.165, 1.54) is 0 Å². The molecule has 0 aliphatic heterocycles. The maximum Gasteiger partial charge on any atom is 0.328 e. The second kappa shape index (κ2) is 6.55. The van der Waals surface area contributed by atoms with Crippen molar-refractivity contribution in [3.05, 3.63) is 40.9 Å². The lowest BCUT2D eigenvalue weighted by Crippen LogP contribution is -2.45. The number of aliphatic hydroxyl groups is 1. The number of nitrogens with one attached hydrogen (secondary N) is 2. The van der Waals surface area contributed by atoms with Crippen LogP contribution in [0, 0.1) is 0 Å². The Labute approximate surface area is 128 Å². The van der Waals surface area contributed by atoms with E-state index in [4.69, 9.17) is 10.2 Å². The van der Waals surface area contributed by atoms with Crippen LogP contribution >= 0.6 is 15.9 Å². The highest BCUT2D eigenvalue weighted by atomic mass is 79.9. The lowest BCUT2D eigenvalue weighted by molar-refractivity contribution is -0.140. The van der Waals surface area contributed by atoms with Crippen LogP contribution in [0.5, 0.6) is 0 Å². The summed E-state index contributed by atoms with van der Waals surface area (Å²) in [4.78, 5) is 22.6. The quantitative estimate of drug-likeness (QED) is 0.677. The molecule has 1 unspecified atom stereocenters. The van der Waals surface area contributed by atoms with Crippen LogP contribution in [-0.2, 0) is 4.79 Å². The van der Waals surface area contributed by atoms with Crippen molar-refractivity contribution in [1.29, 1.82) is 0 Å². The minimum atomic E-state index is -1.34. The Morgan fingerprint density at radius 3 is 2.43 bits per heavy atom. The van der Waals surface area contributed by atoms with Crippen LogP contribution in [0.4, 0.5) is 10.5 Å². The molecule has 0 saturated carbocycles. The summed E-state index contributed by atoms with van der Waals surface area (Å²) in [6.45, 7) is -0.677. The van der Waals surface area contributed by atoms with Gasteiger partial charge < -0.3 is 20.8 Å². The summed E-state index contributed by atoms with van der Waals surface area (Å²) in [5, 5.41) is 24.2. The van der Waals surface area contributed by atoms with Crippen LogP contribution in [0.1, 0.15) is 0 Å².